The maximum Gasteiger partial charge on any atom is 0.231 e. The lowest BCUT2D eigenvalue weighted by molar-refractivity contribution is 0.174. The van der Waals surface area contributed by atoms with E-state index in [2.05, 4.69) is 10.6 Å². The fraction of sp³-hybridized carbons (Fsp3) is 0.350. The molecule has 1 fully saturated rings. The summed E-state index contributed by atoms with van der Waals surface area (Å²) in [5.41, 5.74) is 2.02. The Morgan fingerprint density at radius 3 is 2.62 bits per heavy atom. The zero-order valence-corrected chi connectivity index (χ0v) is 15.3. The first-order valence-corrected chi connectivity index (χ1v) is 9.37. The lowest BCUT2D eigenvalue weighted by Crippen LogP contribution is -2.27. The highest BCUT2D eigenvalue weighted by molar-refractivity contribution is 7.80. The standard InChI is InChI=1S/C20H22N2O3S/c26-20(21-12-14-5-10-18-19(11-14)24-13-23-18)22-15-6-8-17(9-7-15)25-16-3-1-2-4-16/h5-11,16H,1-4,12-13H2,(H2,21,22,26). The highest BCUT2D eigenvalue weighted by Gasteiger charge is 2.16. The van der Waals surface area contributed by atoms with Crippen molar-refractivity contribution >= 4 is 23.0 Å². The van der Waals surface area contributed by atoms with Gasteiger partial charge in [-0.05, 0) is 79.9 Å². The van der Waals surface area contributed by atoms with Crippen LogP contribution in [0.5, 0.6) is 17.2 Å². The topological polar surface area (TPSA) is 51.8 Å². The van der Waals surface area contributed by atoms with E-state index in [4.69, 9.17) is 26.4 Å². The second-order valence-electron chi connectivity index (χ2n) is 6.54. The van der Waals surface area contributed by atoms with Crippen molar-refractivity contribution in [2.75, 3.05) is 12.1 Å². The van der Waals surface area contributed by atoms with E-state index in [0.29, 0.717) is 17.8 Å². The summed E-state index contributed by atoms with van der Waals surface area (Å²) in [6.45, 7) is 0.901. The summed E-state index contributed by atoms with van der Waals surface area (Å²) in [6, 6.07) is 13.8. The molecule has 5 nitrogen and oxygen atoms in total. The summed E-state index contributed by atoms with van der Waals surface area (Å²) in [5.74, 6) is 2.48. The summed E-state index contributed by atoms with van der Waals surface area (Å²) >= 11 is 5.37. The first kappa shape index (κ1) is 17.0. The molecule has 0 radical (unpaired) electrons. The van der Waals surface area contributed by atoms with Gasteiger partial charge in [-0.15, -0.1) is 0 Å². The van der Waals surface area contributed by atoms with Gasteiger partial charge in [-0.3, -0.25) is 0 Å². The van der Waals surface area contributed by atoms with Gasteiger partial charge in [-0.25, -0.2) is 0 Å². The molecule has 1 aliphatic carbocycles. The van der Waals surface area contributed by atoms with E-state index in [1.165, 1.54) is 12.8 Å². The SMILES string of the molecule is S=C(NCc1ccc2c(c1)OCO2)Nc1ccc(OC2CCCC2)cc1. The summed E-state index contributed by atoms with van der Waals surface area (Å²) < 4.78 is 16.7. The molecule has 0 aromatic heterocycles. The molecule has 1 saturated carbocycles. The van der Waals surface area contributed by atoms with Crippen molar-refractivity contribution in [3.8, 4) is 17.2 Å². The third kappa shape index (κ3) is 4.19. The number of anilines is 1. The van der Waals surface area contributed by atoms with Crippen molar-refractivity contribution in [1.82, 2.24) is 5.32 Å². The Bertz CT molecular complexity index is 773. The van der Waals surface area contributed by atoms with Crippen LogP contribution in [-0.4, -0.2) is 18.0 Å². The molecule has 2 aromatic rings. The van der Waals surface area contributed by atoms with Crippen LogP contribution in [-0.2, 0) is 6.54 Å². The summed E-state index contributed by atoms with van der Waals surface area (Å²) in [5, 5.41) is 6.97. The average Bonchev–Trinajstić information content (AvgIpc) is 3.33. The predicted molar refractivity (Wildman–Crippen MR) is 105 cm³/mol. The molecule has 2 aromatic carbocycles. The van der Waals surface area contributed by atoms with Gasteiger partial charge in [-0.2, -0.15) is 0 Å². The molecule has 0 amide bonds. The van der Waals surface area contributed by atoms with Gasteiger partial charge in [-0.1, -0.05) is 6.07 Å². The molecule has 1 aliphatic heterocycles. The molecule has 26 heavy (non-hydrogen) atoms. The molecule has 0 bridgehead atoms. The number of hydrogen-bond acceptors (Lipinski definition) is 4. The van der Waals surface area contributed by atoms with E-state index < -0.39 is 0 Å². The lowest BCUT2D eigenvalue weighted by atomic mass is 10.2. The molecule has 1 heterocycles. The lowest BCUT2D eigenvalue weighted by Gasteiger charge is -2.14. The van der Waals surface area contributed by atoms with Crippen LogP contribution in [0.4, 0.5) is 5.69 Å². The Hall–Kier alpha value is -2.47. The Balaban J connectivity index is 1.26. The molecule has 4 rings (SSSR count). The van der Waals surface area contributed by atoms with Gasteiger partial charge in [0.15, 0.2) is 16.6 Å². The molecular formula is C20H22N2O3S. The van der Waals surface area contributed by atoms with Gasteiger partial charge in [0, 0.05) is 12.2 Å². The highest BCUT2D eigenvalue weighted by Crippen LogP contribution is 2.32. The first-order chi connectivity index (χ1) is 12.8. The van der Waals surface area contributed by atoms with E-state index in [-0.39, 0.29) is 6.79 Å². The zero-order valence-electron chi connectivity index (χ0n) is 14.5. The van der Waals surface area contributed by atoms with E-state index in [9.17, 15) is 0 Å². The highest BCUT2D eigenvalue weighted by atomic mass is 32.1. The number of hydrogen-bond donors (Lipinski definition) is 2. The Kier molecular flexibility index (Phi) is 5.11. The molecular weight excluding hydrogens is 348 g/mol. The van der Waals surface area contributed by atoms with Crippen molar-refractivity contribution in [2.24, 2.45) is 0 Å². The summed E-state index contributed by atoms with van der Waals surface area (Å²) in [7, 11) is 0. The van der Waals surface area contributed by atoms with Gasteiger partial charge < -0.3 is 24.8 Å². The summed E-state index contributed by atoms with van der Waals surface area (Å²) in [6.07, 6.45) is 5.24. The van der Waals surface area contributed by atoms with Crippen LogP contribution in [0.3, 0.4) is 0 Å². The molecule has 136 valence electrons. The van der Waals surface area contributed by atoms with Crippen LogP contribution in [0.15, 0.2) is 42.5 Å². The van der Waals surface area contributed by atoms with Crippen molar-refractivity contribution in [2.45, 2.75) is 38.3 Å². The second-order valence-corrected chi connectivity index (χ2v) is 6.95. The number of fused-ring (bicyclic) bond motifs is 1. The molecule has 0 atom stereocenters. The second kappa shape index (κ2) is 7.83. The summed E-state index contributed by atoms with van der Waals surface area (Å²) in [4.78, 5) is 0. The van der Waals surface area contributed by atoms with Crippen LogP contribution < -0.4 is 24.8 Å². The number of rotatable bonds is 5. The fourth-order valence-electron chi connectivity index (χ4n) is 3.22. The number of benzene rings is 2. The quantitative estimate of drug-likeness (QED) is 0.769. The molecule has 0 saturated heterocycles. The minimum atomic E-state index is 0.284. The Labute approximate surface area is 158 Å². The van der Waals surface area contributed by atoms with Crippen molar-refractivity contribution < 1.29 is 14.2 Å². The molecule has 6 heteroatoms. The monoisotopic (exact) mass is 370 g/mol. The van der Waals surface area contributed by atoms with Crippen molar-refractivity contribution in [3.05, 3.63) is 48.0 Å². The first-order valence-electron chi connectivity index (χ1n) is 8.96. The van der Waals surface area contributed by atoms with Crippen molar-refractivity contribution in [1.29, 1.82) is 0 Å². The van der Waals surface area contributed by atoms with Gasteiger partial charge >= 0.3 is 0 Å². The minimum Gasteiger partial charge on any atom is -0.490 e. The molecule has 0 unspecified atom stereocenters. The Morgan fingerprint density at radius 2 is 1.81 bits per heavy atom. The molecule has 2 aliphatic rings. The van der Waals surface area contributed by atoms with E-state index in [1.54, 1.807) is 0 Å². The number of thiocarbonyl (C=S) groups is 1. The molecule has 2 N–H and O–H groups in total. The third-order valence-electron chi connectivity index (χ3n) is 4.61. The number of ether oxygens (including phenoxy) is 3. The van der Waals surface area contributed by atoms with Crippen LogP contribution in [0.1, 0.15) is 31.2 Å². The van der Waals surface area contributed by atoms with Crippen LogP contribution in [0.2, 0.25) is 0 Å². The Morgan fingerprint density at radius 1 is 1.04 bits per heavy atom. The largest absolute Gasteiger partial charge is 0.490 e. The molecule has 0 spiro atoms. The van der Waals surface area contributed by atoms with Gasteiger partial charge in [0.1, 0.15) is 5.75 Å². The average molecular weight is 370 g/mol. The third-order valence-corrected chi connectivity index (χ3v) is 4.85. The van der Waals surface area contributed by atoms with Gasteiger partial charge in [0.05, 0.1) is 6.10 Å². The van der Waals surface area contributed by atoms with E-state index in [0.717, 1.165) is 41.3 Å². The van der Waals surface area contributed by atoms with Crippen molar-refractivity contribution in [3.63, 3.8) is 0 Å². The maximum atomic E-state index is 5.98. The normalized spacial score (nSPS) is 15.7. The van der Waals surface area contributed by atoms with Crippen LogP contribution in [0, 0.1) is 0 Å². The zero-order chi connectivity index (χ0) is 17.8. The van der Waals surface area contributed by atoms with Gasteiger partial charge in [0.25, 0.3) is 0 Å². The van der Waals surface area contributed by atoms with Gasteiger partial charge in [0.2, 0.25) is 6.79 Å². The number of nitrogens with one attached hydrogen (secondary N) is 2. The smallest absolute Gasteiger partial charge is 0.231 e. The van der Waals surface area contributed by atoms with E-state index in [1.807, 2.05) is 42.5 Å². The maximum absolute atomic E-state index is 5.98. The van der Waals surface area contributed by atoms with Crippen LogP contribution in [0.25, 0.3) is 0 Å². The minimum absolute atomic E-state index is 0.284. The predicted octanol–water partition coefficient (Wildman–Crippen LogP) is 4.22. The van der Waals surface area contributed by atoms with Crippen LogP contribution >= 0.6 is 12.2 Å². The van der Waals surface area contributed by atoms with E-state index >= 15 is 0 Å². The fourth-order valence-corrected chi connectivity index (χ4v) is 3.41.